The molecule has 0 rings (SSSR count). The molecule has 0 fully saturated rings. The zero-order chi connectivity index (χ0) is 11.7. The van der Waals surface area contributed by atoms with Crippen LogP contribution in [0.3, 0.4) is 0 Å². The first kappa shape index (κ1) is 14.3. The third-order valence-corrected chi connectivity index (χ3v) is 2.36. The molecule has 0 spiro atoms. The highest BCUT2D eigenvalue weighted by molar-refractivity contribution is 5.60. The summed E-state index contributed by atoms with van der Waals surface area (Å²) in [6.45, 7) is 8.68. The minimum absolute atomic E-state index is 0.0244. The highest BCUT2D eigenvalue weighted by Crippen LogP contribution is 2.11. The summed E-state index contributed by atoms with van der Waals surface area (Å²) in [6, 6.07) is 0. The van der Waals surface area contributed by atoms with Gasteiger partial charge in [-0.05, 0) is 18.8 Å². The van der Waals surface area contributed by atoms with Gasteiger partial charge in [0.25, 0.3) is 0 Å². The summed E-state index contributed by atoms with van der Waals surface area (Å²) >= 11 is 0. The lowest BCUT2D eigenvalue weighted by molar-refractivity contribution is 0.00572. The predicted octanol–water partition coefficient (Wildman–Crippen LogP) is 3.76. The molecule has 0 saturated carbocycles. The molecule has 1 unspecified atom stereocenters. The molecule has 0 saturated heterocycles. The van der Waals surface area contributed by atoms with Gasteiger partial charge in [-0.3, -0.25) is 0 Å². The number of hydrogen-bond acceptors (Lipinski definition) is 3. The van der Waals surface area contributed by atoms with Crippen LogP contribution in [-0.4, -0.2) is 18.9 Å². The van der Waals surface area contributed by atoms with Crippen LogP contribution in [-0.2, 0) is 9.47 Å². The third-order valence-electron chi connectivity index (χ3n) is 2.36. The topological polar surface area (TPSA) is 35.5 Å². The Morgan fingerprint density at radius 3 is 2.33 bits per heavy atom. The molecule has 0 aromatic rings. The molecule has 0 bridgehead atoms. The van der Waals surface area contributed by atoms with Crippen LogP contribution < -0.4 is 0 Å². The van der Waals surface area contributed by atoms with E-state index >= 15 is 0 Å². The zero-order valence-corrected chi connectivity index (χ0v) is 10.4. The predicted molar refractivity (Wildman–Crippen MR) is 60.9 cm³/mol. The van der Waals surface area contributed by atoms with Crippen LogP contribution in [0.2, 0.25) is 0 Å². The standard InChI is InChI=1S/C12H24O3/c1-5-7-8-9-14-12(13)15-11(6-2)10(3)4/h10-11H,5-9H2,1-4H3. The zero-order valence-electron chi connectivity index (χ0n) is 10.4. The fraction of sp³-hybridized carbons (Fsp3) is 0.917. The Hall–Kier alpha value is -0.730. The first-order valence-corrected chi connectivity index (χ1v) is 5.95. The summed E-state index contributed by atoms with van der Waals surface area (Å²) in [5, 5.41) is 0. The molecular weight excluding hydrogens is 192 g/mol. The molecule has 0 aromatic carbocycles. The van der Waals surface area contributed by atoms with Crippen molar-refractivity contribution >= 4 is 6.16 Å². The fourth-order valence-corrected chi connectivity index (χ4v) is 1.36. The van der Waals surface area contributed by atoms with Crippen LogP contribution in [0.1, 0.15) is 53.4 Å². The lowest BCUT2D eigenvalue weighted by Gasteiger charge is -2.19. The Morgan fingerprint density at radius 1 is 1.20 bits per heavy atom. The number of ether oxygens (including phenoxy) is 2. The van der Waals surface area contributed by atoms with E-state index in [1.807, 2.05) is 20.8 Å². The molecule has 3 nitrogen and oxygen atoms in total. The van der Waals surface area contributed by atoms with Crippen molar-refractivity contribution in [2.24, 2.45) is 5.92 Å². The van der Waals surface area contributed by atoms with Gasteiger partial charge in [-0.2, -0.15) is 0 Å². The van der Waals surface area contributed by atoms with Gasteiger partial charge in [-0.15, -0.1) is 0 Å². The molecule has 0 aliphatic rings. The summed E-state index contributed by atoms with van der Waals surface area (Å²) < 4.78 is 10.1. The largest absolute Gasteiger partial charge is 0.508 e. The maximum absolute atomic E-state index is 11.2. The third kappa shape index (κ3) is 7.23. The van der Waals surface area contributed by atoms with Gasteiger partial charge in [0.15, 0.2) is 0 Å². The lowest BCUT2D eigenvalue weighted by Crippen LogP contribution is -2.23. The molecule has 0 aromatic heterocycles. The van der Waals surface area contributed by atoms with E-state index in [4.69, 9.17) is 9.47 Å². The van der Waals surface area contributed by atoms with Crippen molar-refractivity contribution in [3.63, 3.8) is 0 Å². The van der Waals surface area contributed by atoms with Gasteiger partial charge < -0.3 is 9.47 Å². The van der Waals surface area contributed by atoms with E-state index in [0.717, 1.165) is 25.7 Å². The van der Waals surface area contributed by atoms with Crippen molar-refractivity contribution in [3.05, 3.63) is 0 Å². The van der Waals surface area contributed by atoms with Crippen molar-refractivity contribution in [2.75, 3.05) is 6.61 Å². The number of carbonyl (C=O) groups excluding carboxylic acids is 1. The first-order valence-electron chi connectivity index (χ1n) is 5.95. The molecule has 1 atom stereocenters. The number of unbranched alkanes of at least 4 members (excludes halogenated alkanes) is 2. The van der Waals surface area contributed by atoms with Crippen LogP contribution in [0.5, 0.6) is 0 Å². The van der Waals surface area contributed by atoms with E-state index < -0.39 is 6.16 Å². The summed E-state index contributed by atoms with van der Waals surface area (Å²) in [6.07, 6.45) is 3.43. The number of carbonyl (C=O) groups is 1. The van der Waals surface area contributed by atoms with Crippen molar-refractivity contribution in [2.45, 2.75) is 59.5 Å². The highest BCUT2D eigenvalue weighted by Gasteiger charge is 2.16. The molecular formula is C12H24O3. The molecule has 0 amide bonds. The van der Waals surface area contributed by atoms with Crippen molar-refractivity contribution < 1.29 is 14.3 Å². The smallest absolute Gasteiger partial charge is 0.434 e. The van der Waals surface area contributed by atoms with E-state index in [1.165, 1.54) is 0 Å². The molecule has 3 heteroatoms. The van der Waals surface area contributed by atoms with Gasteiger partial charge >= 0.3 is 6.16 Å². The Morgan fingerprint density at radius 2 is 1.87 bits per heavy atom. The first-order chi connectivity index (χ1) is 7.11. The monoisotopic (exact) mass is 216 g/mol. The number of hydrogen-bond donors (Lipinski definition) is 0. The van der Waals surface area contributed by atoms with Gasteiger partial charge in [0.1, 0.15) is 6.10 Å². The molecule has 0 radical (unpaired) electrons. The van der Waals surface area contributed by atoms with Gasteiger partial charge in [0, 0.05) is 0 Å². The Kier molecular flexibility index (Phi) is 8.15. The van der Waals surface area contributed by atoms with Gasteiger partial charge in [0.2, 0.25) is 0 Å². The maximum Gasteiger partial charge on any atom is 0.508 e. The van der Waals surface area contributed by atoms with Crippen LogP contribution in [0.25, 0.3) is 0 Å². The van der Waals surface area contributed by atoms with Crippen LogP contribution in [0, 0.1) is 5.92 Å². The Bertz CT molecular complexity index is 166. The van der Waals surface area contributed by atoms with Crippen molar-refractivity contribution in [1.29, 1.82) is 0 Å². The average Bonchev–Trinajstić information content (AvgIpc) is 2.20. The van der Waals surface area contributed by atoms with E-state index in [9.17, 15) is 4.79 Å². The molecule has 0 aliphatic carbocycles. The van der Waals surface area contributed by atoms with Crippen molar-refractivity contribution in [1.82, 2.24) is 0 Å². The fourth-order valence-electron chi connectivity index (χ4n) is 1.36. The molecule has 0 aliphatic heterocycles. The van der Waals surface area contributed by atoms with Crippen molar-refractivity contribution in [3.8, 4) is 0 Å². The quantitative estimate of drug-likeness (QED) is 0.480. The van der Waals surface area contributed by atoms with Crippen LogP contribution in [0.4, 0.5) is 4.79 Å². The Labute approximate surface area is 93.1 Å². The maximum atomic E-state index is 11.2. The Balaban J connectivity index is 3.62. The van der Waals surface area contributed by atoms with Crippen LogP contribution in [0.15, 0.2) is 0 Å². The second kappa shape index (κ2) is 8.57. The summed E-state index contributed by atoms with van der Waals surface area (Å²) in [5.41, 5.74) is 0. The van der Waals surface area contributed by atoms with E-state index in [2.05, 4.69) is 6.92 Å². The minimum Gasteiger partial charge on any atom is -0.434 e. The molecule has 0 heterocycles. The lowest BCUT2D eigenvalue weighted by atomic mass is 10.1. The van der Waals surface area contributed by atoms with Crippen LogP contribution >= 0.6 is 0 Å². The summed E-state index contributed by atoms with van der Waals surface area (Å²) in [5.74, 6) is 0.346. The van der Waals surface area contributed by atoms with E-state index in [-0.39, 0.29) is 6.10 Å². The summed E-state index contributed by atoms with van der Waals surface area (Å²) in [7, 11) is 0. The van der Waals surface area contributed by atoms with Gasteiger partial charge in [-0.1, -0.05) is 40.5 Å². The van der Waals surface area contributed by atoms with E-state index in [1.54, 1.807) is 0 Å². The molecule has 90 valence electrons. The molecule has 0 N–H and O–H groups in total. The second-order valence-corrected chi connectivity index (χ2v) is 4.11. The molecule has 15 heavy (non-hydrogen) atoms. The summed E-state index contributed by atoms with van der Waals surface area (Å²) in [4.78, 5) is 11.2. The van der Waals surface area contributed by atoms with Gasteiger partial charge in [0.05, 0.1) is 6.61 Å². The second-order valence-electron chi connectivity index (χ2n) is 4.11. The average molecular weight is 216 g/mol. The SMILES string of the molecule is CCCCCOC(=O)OC(CC)C(C)C. The minimum atomic E-state index is -0.522. The van der Waals surface area contributed by atoms with Gasteiger partial charge in [-0.25, -0.2) is 4.79 Å². The number of rotatable bonds is 7. The normalized spacial score (nSPS) is 12.6. The highest BCUT2D eigenvalue weighted by atomic mass is 16.7. The van der Waals surface area contributed by atoms with E-state index in [0.29, 0.717) is 12.5 Å².